The molecule has 1 unspecified atom stereocenters. The summed E-state index contributed by atoms with van der Waals surface area (Å²) in [5.74, 6) is 1.85. The number of likely N-dealkylation sites (tertiary alicyclic amines) is 1. The van der Waals surface area contributed by atoms with Crippen molar-refractivity contribution in [3.63, 3.8) is 0 Å². The maximum atomic E-state index is 12.6. The Bertz CT molecular complexity index is 310. The highest BCUT2D eigenvalue weighted by molar-refractivity contribution is 5.77. The van der Waals surface area contributed by atoms with Crippen LogP contribution < -0.4 is 5.32 Å². The van der Waals surface area contributed by atoms with Crippen LogP contribution in [0.5, 0.6) is 0 Å². The summed E-state index contributed by atoms with van der Waals surface area (Å²) in [5, 5.41) is 3.43. The van der Waals surface area contributed by atoms with Gasteiger partial charge in [-0.3, -0.25) is 4.79 Å². The summed E-state index contributed by atoms with van der Waals surface area (Å²) in [4.78, 5) is 14.9. The monoisotopic (exact) mass is 264 g/mol. The van der Waals surface area contributed by atoms with Crippen molar-refractivity contribution in [1.82, 2.24) is 10.2 Å². The van der Waals surface area contributed by atoms with Gasteiger partial charge in [0.15, 0.2) is 0 Å². The lowest BCUT2D eigenvalue weighted by atomic mass is 9.78. The van der Waals surface area contributed by atoms with Crippen LogP contribution in [0.4, 0.5) is 0 Å². The van der Waals surface area contributed by atoms with E-state index in [9.17, 15) is 4.79 Å². The maximum Gasteiger partial charge on any atom is 0.223 e. The second-order valence-electron chi connectivity index (χ2n) is 6.76. The van der Waals surface area contributed by atoms with Gasteiger partial charge in [-0.05, 0) is 63.5 Å². The van der Waals surface area contributed by atoms with E-state index < -0.39 is 0 Å². The van der Waals surface area contributed by atoms with Crippen LogP contribution >= 0.6 is 0 Å². The Kier molecular flexibility index (Phi) is 4.42. The third-order valence-electron chi connectivity index (χ3n) is 5.43. The van der Waals surface area contributed by atoms with Gasteiger partial charge in [-0.15, -0.1) is 0 Å². The Balaban J connectivity index is 1.58. The van der Waals surface area contributed by atoms with E-state index >= 15 is 0 Å². The number of fused-ring (bicyclic) bond motifs is 1. The van der Waals surface area contributed by atoms with Gasteiger partial charge in [-0.2, -0.15) is 0 Å². The number of hydrogen-bond donors (Lipinski definition) is 1. The van der Waals surface area contributed by atoms with Crippen LogP contribution in [-0.4, -0.2) is 36.5 Å². The molecule has 3 fully saturated rings. The summed E-state index contributed by atoms with van der Waals surface area (Å²) in [6.45, 7) is 3.22. The van der Waals surface area contributed by atoms with Gasteiger partial charge in [0.1, 0.15) is 0 Å². The molecule has 0 aromatic heterocycles. The first-order valence-electron chi connectivity index (χ1n) is 8.35. The van der Waals surface area contributed by atoms with Crippen molar-refractivity contribution < 1.29 is 4.79 Å². The third kappa shape index (κ3) is 3.13. The molecule has 19 heavy (non-hydrogen) atoms. The van der Waals surface area contributed by atoms with Gasteiger partial charge in [-0.1, -0.05) is 12.8 Å². The SMILES string of the molecule is O=C(CC1CCCNC1)N1CCC[C@H]2CCCC[C@H]21. The molecule has 0 radical (unpaired) electrons. The number of piperidine rings is 2. The first kappa shape index (κ1) is 13.4. The fourth-order valence-electron chi connectivity index (χ4n) is 4.40. The lowest BCUT2D eigenvalue weighted by Crippen LogP contribution is -2.50. The highest BCUT2D eigenvalue weighted by atomic mass is 16.2. The minimum atomic E-state index is 0.449. The summed E-state index contributed by atoms with van der Waals surface area (Å²) >= 11 is 0. The van der Waals surface area contributed by atoms with Crippen molar-refractivity contribution in [3.8, 4) is 0 Å². The van der Waals surface area contributed by atoms with Gasteiger partial charge in [-0.25, -0.2) is 0 Å². The molecule has 0 bridgehead atoms. The zero-order valence-corrected chi connectivity index (χ0v) is 12.1. The Morgan fingerprint density at radius 2 is 1.89 bits per heavy atom. The molecule has 3 nitrogen and oxygen atoms in total. The van der Waals surface area contributed by atoms with E-state index in [2.05, 4.69) is 10.2 Å². The molecule has 2 saturated heterocycles. The van der Waals surface area contributed by atoms with Crippen molar-refractivity contribution >= 4 is 5.91 Å². The lowest BCUT2D eigenvalue weighted by Gasteiger charge is -2.44. The fourth-order valence-corrected chi connectivity index (χ4v) is 4.40. The summed E-state index contributed by atoms with van der Waals surface area (Å²) in [6, 6.07) is 0.589. The normalized spacial score (nSPS) is 35.8. The van der Waals surface area contributed by atoms with Gasteiger partial charge in [0.25, 0.3) is 0 Å². The molecule has 1 amide bonds. The zero-order valence-electron chi connectivity index (χ0n) is 12.1. The molecular weight excluding hydrogens is 236 g/mol. The number of rotatable bonds is 2. The van der Waals surface area contributed by atoms with Crippen LogP contribution in [0.2, 0.25) is 0 Å². The van der Waals surface area contributed by atoms with Crippen molar-refractivity contribution in [2.24, 2.45) is 11.8 Å². The summed E-state index contributed by atoms with van der Waals surface area (Å²) < 4.78 is 0. The number of nitrogens with zero attached hydrogens (tertiary/aromatic N) is 1. The molecular formula is C16H28N2O. The molecule has 0 aromatic rings. The van der Waals surface area contributed by atoms with E-state index in [4.69, 9.17) is 0 Å². The largest absolute Gasteiger partial charge is 0.339 e. The molecule has 1 saturated carbocycles. The van der Waals surface area contributed by atoms with Crippen LogP contribution in [0.3, 0.4) is 0 Å². The van der Waals surface area contributed by atoms with E-state index in [-0.39, 0.29) is 0 Å². The fraction of sp³-hybridized carbons (Fsp3) is 0.938. The van der Waals surface area contributed by atoms with Crippen LogP contribution in [-0.2, 0) is 4.79 Å². The maximum absolute atomic E-state index is 12.6. The van der Waals surface area contributed by atoms with Crippen LogP contribution in [0.15, 0.2) is 0 Å². The molecule has 3 heteroatoms. The minimum absolute atomic E-state index is 0.449. The topological polar surface area (TPSA) is 32.3 Å². The molecule has 0 spiro atoms. The van der Waals surface area contributed by atoms with Crippen molar-refractivity contribution in [3.05, 3.63) is 0 Å². The number of carbonyl (C=O) groups is 1. The van der Waals surface area contributed by atoms with E-state index in [0.29, 0.717) is 17.9 Å². The summed E-state index contributed by atoms with van der Waals surface area (Å²) in [6.07, 6.45) is 11.2. The Morgan fingerprint density at radius 3 is 2.74 bits per heavy atom. The molecule has 2 aliphatic heterocycles. The summed E-state index contributed by atoms with van der Waals surface area (Å²) in [5.41, 5.74) is 0. The van der Waals surface area contributed by atoms with Crippen LogP contribution in [0, 0.1) is 11.8 Å². The molecule has 1 aliphatic carbocycles. The van der Waals surface area contributed by atoms with E-state index in [1.165, 1.54) is 51.4 Å². The highest BCUT2D eigenvalue weighted by Crippen LogP contribution is 2.35. The van der Waals surface area contributed by atoms with Gasteiger partial charge < -0.3 is 10.2 Å². The average Bonchev–Trinajstić information content (AvgIpc) is 2.47. The first-order valence-corrected chi connectivity index (χ1v) is 8.35. The predicted molar refractivity (Wildman–Crippen MR) is 76.9 cm³/mol. The van der Waals surface area contributed by atoms with Crippen LogP contribution in [0.1, 0.15) is 57.8 Å². The Morgan fingerprint density at radius 1 is 1.05 bits per heavy atom. The van der Waals surface area contributed by atoms with Gasteiger partial charge in [0, 0.05) is 19.0 Å². The quantitative estimate of drug-likeness (QED) is 0.831. The van der Waals surface area contributed by atoms with E-state index in [1.54, 1.807) is 0 Å². The lowest BCUT2D eigenvalue weighted by molar-refractivity contribution is -0.138. The molecule has 3 aliphatic rings. The van der Waals surface area contributed by atoms with E-state index in [0.717, 1.165) is 32.0 Å². The smallest absolute Gasteiger partial charge is 0.223 e. The van der Waals surface area contributed by atoms with Crippen LogP contribution in [0.25, 0.3) is 0 Å². The number of nitrogens with one attached hydrogen (secondary N) is 1. The van der Waals surface area contributed by atoms with Crippen molar-refractivity contribution in [2.75, 3.05) is 19.6 Å². The minimum Gasteiger partial charge on any atom is -0.339 e. The molecule has 3 rings (SSSR count). The van der Waals surface area contributed by atoms with Gasteiger partial charge in [0.2, 0.25) is 5.91 Å². The van der Waals surface area contributed by atoms with Crippen molar-refractivity contribution in [2.45, 2.75) is 63.8 Å². The first-order chi connectivity index (χ1) is 9.34. The number of hydrogen-bond acceptors (Lipinski definition) is 2. The number of amides is 1. The van der Waals surface area contributed by atoms with Gasteiger partial charge >= 0.3 is 0 Å². The number of carbonyl (C=O) groups excluding carboxylic acids is 1. The Hall–Kier alpha value is -0.570. The molecule has 1 N–H and O–H groups in total. The second-order valence-corrected chi connectivity index (χ2v) is 6.76. The molecule has 3 atom stereocenters. The van der Waals surface area contributed by atoms with Gasteiger partial charge in [0.05, 0.1) is 0 Å². The summed E-state index contributed by atoms with van der Waals surface area (Å²) in [7, 11) is 0. The van der Waals surface area contributed by atoms with E-state index in [1.807, 2.05) is 0 Å². The molecule has 0 aromatic carbocycles. The average molecular weight is 264 g/mol. The third-order valence-corrected chi connectivity index (χ3v) is 5.43. The predicted octanol–water partition coefficient (Wildman–Crippen LogP) is 2.56. The standard InChI is InChI=1S/C16H28N2O/c19-16(11-13-5-3-9-17-12-13)18-10-4-7-14-6-1-2-8-15(14)18/h13-15,17H,1-12H2/t13?,14-,15-/m1/s1. The molecule has 2 heterocycles. The highest BCUT2D eigenvalue weighted by Gasteiger charge is 2.36. The second kappa shape index (κ2) is 6.25. The molecule has 108 valence electrons. The Labute approximate surface area is 117 Å². The zero-order chi connectivity index (χ0) is 13.1. The van der Waals surface area contributed by atoms with Crippen molar-refractivity contribution in [1.29, 1.82) is 0 Å².